The number of hydrogen-bond donors (Lipinski definition) is 2. The Labute approximate surface area is 167 Å². The van der Waals surface area contributed by atoms with Gasteiger partial charge in [0.15, 0.2) is 5.96 Å². The highest BCUT2D eigenvalue weighted by molar-refractivity contribution is 5.79. The molecule has 0 spiro atoms. The van der Waals surface area contributed by atoms with Crippen molar-refractivity contribution in [3.63, 3.8) is 0 Å². The van der Waals surface area contributed by atoms with Crippen LogP contribution in [0.1, 0.15) is 18.2 Å². The van der Waals surface area contributed by atoms with Gasteiger partial charge in [0, 0.05) is 44.3 Å². The van der Waals surface area contributed by atoms with E-state index in [9.17, 15) is 0 Å². The number of nitrogens with one attached hydrogen (secondary N) is 2. The van der Waals surface area contributed by atoms with Crippen LogP contribution in [-0.2, 0) is 6.54 Å². The Balaban J connectivity index is 1.59. The minimum Gasteiger partial charge on any atom is -0.444 e. The van der Waals surface area contributed by atoms with E-state index in [2.05, 4.69) is 70.5 Å². The van der Waals surface area contributed by atoms with Gasteiger partial charge in [0.1, 0.15) is 12.0 Å². The number of nitrogens with zero attached hydrogens (tertiary/aromatic N) is 4. The molecule has 1 aromatic carbocycles. The van der Waals surface area contributed by atoms with Crippen molar-refractivity contribution in [2.24, 2.45) is 4.99 Å². The molecule has 2 aromatic rings. The van der Waals surface area contributed by atoms with Crippen LogP contribution in [0.25, 0.3) is 11.5 Å². The number of likely N-dealkylation sites (N-methyl/N-ethyl adjacent to an activating group) is 2. The molecule has 1 aliphatic rings. The molecule has 28 heavy (non-hydrogen) atoms. The average molecular weight is 385 g/mol. The van der Waals surface area contributed by atoms with Crippen molar-refractivity contribution in [1.29, 1.82) is 0 Å². The van der Waals surface area contributed by atoms with Crippen molar-refractivity contribution in [3.05, 3.63) is 41.8 Å². The Morgan fingerprint density at radius 3 is 2.75 bits per heavy atom. The molecule has 0 radical (unpaired) electrons. The molecule has 1 aromatic heterocycles. The number of aliphatic imine (C=N–C) groups is 1. The fourth-order valence-electron chi connectivity index (χ4n) is 3.25. The highest BCUT2D eigenvalue weighted by atomic mass is 16.3. The second-order valence-electron chi connectivity index (χ2n) is 7.48. The smallest absolute Gasteiger partial charge is 0.226 e. The van der Waals surface area contributed by atoms with E-state index in [4.69, 9.17) is 4.42 Å². The van der Waals surface area contributed by atoms with E-state index in [0.717, 1.165) is 49.9 Å². The van der Waals surface area contributed by atoms with Crippen LogP contribution in [0.2, 0.25) is 0 Å². The summed E-state index contributed by atoms with van der Waals surface area (Å²) in [6, 6.07) is 8.65. The Hall–Kier alpha value is -2.38. The maximum Gasteiger partial charge on any atom is 0.226 e. The number of oxazole rings is 1. The van der Waals surface area contributed by atoms with Gasteiger partial charge in [-0.05, 0) is 40.1 Å². The molecule has 1 atom stereocenters. The molecule has 1 unspecified atom stereocenters. The van der Waals surface area contributed by atoms with Gasteiger partial charge in [-0.3, -0.25) is 4.90 Å². The molecule has 0 aliphatic carbocycles. The molecular formula is C21H32N6O. The summed E-state index contributed by atoms with van der Waals surface area (Å²) in [6.45, 7) is 9.58. The lowest BCUT2D eigenvalue weighted by Crippen LogP contribution is -2.55. The van der Waals surface area contributed by atoms with Crippen molar-refractivity contribution in [1.82, 2.24) is 25.4 Å². The first-order valence-corrected chi connectivity index (χ1v) is 9.97. The average Bonchev–Trinajstić information content (AvgIpc) is 3.16. The van der Waals surface area contributed by atoms with Gasteiger partial charge in [0.05, 0.1) is 6.54 Å². The monoisotopic (exact) mass is 384 g/mol. The molecule has 0 saturated carbocycles. The standard InChI is InChI=1S/C21H32N6O/c1-5-22-21(24-13-19-14-26(3)10-11-27(19)4)23-12-18-15-28-20(25-18)17-8-6-16(2)7-9-17/h6-9,15,19H,5,10-14H2,1-4H3,(H2,22,23,24). The Bertz CT molecular complexity index is 769. The van der Waals surface area contributed by atoms with Crippen LogP contribution in [0.4, 0.5) is 0 Å². The number of guanidine groups is 1. The third-order valence-corrected chi connectivity index (χ3v) is 5.08. The molecule has 3 rings (SSSR count). The number of piperazine rings is 1. The third-order valence-electron chi connectivity index (χ3n) is 5.08. The van der Waals surface area contributed by atoms with E-state index in [1.54, 1.807) is 6.26 Å². The zero-order valence-electron chi connectivity index (χ0n) is 17.4. The zero-order valence-corrected chi connectivity index (χ0v) is 17.4. The third kappa shape index (κ3) is 5.56. The summed E-state index contributed by atoms with van der Waals surface area (Å²) in [7, 11) is 4.36. The van der Waals surface area contributed by atoms with Crippen molar-refractivity contribution < 1.29 is 4.42 Å². The number of aryl methyl sites for hydroxylation is 1. The molecule has 1 saturated heterocycles. The van der Waals surface area contributed by atoms with E-state index in [1.165, 1.54) is 5.56 Å². The van der Waals surface area contributed by atoms with Crippen LogP contribution in [-0.4, -0.2) is 73.6 Å². The lowest BCUT2D eigenvalue weighted by Gasteiger charge is -2.37. The maximum atomic E-state index is 5.63. The van der Waals surface area contributed by atoms with Crippen LogP contribution in [0.3, 0.4) is 0 Å². The van der Waals surface area contributed by atoms with Crippen LogP contribution < -0.4 is 10.6 Å². The number of aromatic nitrogens is 1. The first kappa shape index (κ1) is 20.4. The van der Waals surface area contributed by atoms with Gasteiger partial charge in [0.2, 0.25) is 5.89 Å². The van der Waals surface area contributed by atoms with E-state index in [0.29, 0.717) is 18.5 Å². The second-order valence-corrected chi connectivity index (χ2v) is 7.48. The predicted molar refractivity (Wildman–Crippen MR) is 113 cm³/mol. The van der Waals surface area contributed by atoms with Gasteiger partial charge in [-0.2, -0.15) is 0 Å². The SMILES string of the molecule is CCNC(=NCc1coc(-c2ccc(C)cc2)n1)NCC1CN(C)CCN1C. The molecule has 2 N–H and O–H groups in total. The minimum absolute atomic E-state index is 0.475. The number of benzene rings is 1. The molecule has 0 amide bonds. The lowest BCUT2D eigenvalue weighted by atomic mass is 10.1. The maximum absolute atomic E-state index is 5.63. The summed E-state index contributed by atoms with van der Waals surface area (Å²) in [5.74, 6) is 1.44. The molecule has 1 aliphatic heterocycles. The summed E-state index contributed by atoms with van der Waals surface area (Å²) in [5.41, 5.74) is 3.02. The lowest BCUT2D eigenvalue weighted by molar-refractivity contribution is 0.116. The largest absolute Gasteiger partial charge is 0.444 e. The van der Waals surface area contributed by atoms with Crippen molar-refractivity contribution in [3.8, 4) is 11.5 Å². The molecule has 1 fully saturated rings. The van der Waals surface area contributed by atoms with Crippen molar-refractivity contribution in [2.45, 2.75) is 26.4 Å². The van der Waals surface area contributed by atoms with Gasteiger partial charge in [-0.25, -0.2) is 9.98 Å². The van der Waals surface area contributed by atoms with Gasteiger partial charge >= 0.3 is 0 Å². The van der Waals surface area contributed by atoms with Gasteiger partial charge < -0.3 is 20.0 Å². The molecule has 2 heterocycles. The van der Waals surface area contributed by atoms with Crippen LogP contribution in [0.15, 0.2) is 39.9 Å². The molecule has 7 heteroatoms. The summed E-state index contributed by atoms with van der Waals surface area (Å²) in [6.07, 6.45) is 1.69. The zero-order chi connectivity index (χ0) is 19.9. The second kappa shape index (κ2) is 9.71. The summed E-state index contributed by atoms with van der Waals surface area (Å²) < 4.78 is 5.63. The fourth-order valence-corrected chi connectivity index (χ4v) is 3.25. The Kier molecular flexibility index (Phi) is 7.06. The predicted octanol–water partition coefficient (Wildman–Crippen LogP) is 1.95. The van der Waals surface area contributed by atoms with E-state index in [-0.39, 0.29) is 0 Å². The van der Waals surface area contributed by atoms with Gasteiger partial charge in [0.25, 0.3) is 0 Å². The van der Waals surface area contributed by atoms with E-state index in [1.807, 2.05) is 12.1 Å². The quantitative estimate of drug-likeness (QED) is 0.586. The van der Waals surface area contributed by atoms with Crippen LogP contribution in [0.5, 0.6) is 0 Å². The van der Waals surface area contributed by atoms with Crippen LogP contribution >= 0.6 is 0 Å². The van der Waals surface area contributed by atoms with E-state index >= 15 is 0 Å². The summed E-state index contributed by atoms with van der Waals surface area (Å²) in [4.78, 5) is 14.0. The van der Waals surface area contributed by atoms with Crippen molar-refractivity contribution >= 4 is 5.96 Å². The highest BCUT2D eigenvalue weighted by Crippen LogP contribution is 2.19. The Morgan fingerprint density at radius 2 is 2.00 bits per heavy atom. The molecular weight excluding hydrogens is 352 g/mol. The van der Waals surface area contributed by atoms with Gasteiger partial charge in [-0.1, -0.05) is 17.7 Å². The number of hydrogen-bond acceptors (Lipinski definition) is 5. The van der Waals surface area contributed by atoms with Crippen LogP contribution in [0, 0.1) is 6.92 Å². The highest BCUT2D eigenvalue weighted by Gasteiger charge is 2.22. The summed E-state index contributed by atoms with van der Waals surface area (Å²) in [5, 5.41) is 6.78. The summed E-state index contributed by atoms with van der Waals surface area (Å²) >= 11 is 0. The van der Waals surface area contributed by atoms with E-state index < -0.39 is 0 Å². The Morgan fingerprint density at radius 1 is 1.21 bits per heavy atom. The number of rotatable bonds is 6. The van der Waals surface area contributed by atoms with Crippen molar-refractivity contribution in [2.75, 3.05) is 46.8 Å². The normalized spacial score (nSPS) is 19.0. The molecule has 7 nitrogen and oxygen atoms in total. The fraction of sp³-hybridized carbons (Fsp3) is 0.524. The molecule has 0 bridgehead atoms. The van der Waals surface area contributed by atoms with Gasteiger partial charge in [-0.15, -0.1) is 0 Å². The first-order chi connectivity index (χ1) is 13.5. The first-order valence-electron chi connectivity index (χ1n) is 9.97. The minimum atomic E-state index is 0.475. The topological polar surface area (TPSA) is 68.9 Å². The molecule has 152 valence electrons.